The van der Waals surface area contributed by atoms with Crippen LogP contribution in [-0.4, -0.2) is 62.8 Å². The zero-order valence-electron chi connectivity index (χ0n) is 17.2. The number of hydrogen-bond acceptors (Lipinski definition) is 6. The van der Waals surface area contributed by atoms with Gasteiger partial charge in [-0.25, -0.2) is 4.79 Å². The third-order valence-corrected chi connectivity index (χ3v) is 5.24. The van der Waals surface area contributed by atoms with Gasteiger partial charge in [0.15, 0.2) is 0 Å². The van der Waals surface area contributed by atoms with Crippen LogP contribution in [0, 0.1) is 0 Å². The van der Waals surface area contributed by atoms with Gasteiger partial charge in [0.05, 0.1) is 12.3 Å². The summed E-state index contributed by atoms with van der Waals surface area (Å²) in [6, 6.07) is 8.49. The molecule has 0 bridgehead atoms. The number of carbonyl (C=O) groups excluding carboxylic acids is 1. The van der Waals surface area contributed by atoms with Gasteiger partial charge in [0, 0.05) is 19.0 Å². The second kappa shape index (κ2) is 10.2. The highest BCUT2D eigenvalue weighted by Crippen LogP contribution is 2.15. The minimum Gasteiger partial charge on any atom is -0.322 e. The number of carbonyl (C=O) groups is 1. The quantitative estimate of drug-likeness (QED) is 0.370. The molecule has 0 radical (unpaired) electrons. The minimum atomic E-state index is -0.258. The molecule has 2 amide bonds. The van der Waals surface area contributed by atoms with Gasteiger partial charge in [-0.3, -0.25) is 16.0 Å². The second-order valence-corrected chi connectivity index (χ2v) is 8.09. The first kappa shape index (κ1) is 21.0. The first-order valence-corrected chi connectivity index (χ1v) is 10.3. The van der Waals surface area contributed by atoms with E-state index in [-0.39, 0.29) is 24.7 Å². The predicted molar refractivity (Wildman–Crippen MR) is 112 cm³/mol. The van der Waals surface area contributed by atoms with Crippen LogP contribution in [0.3, 0.4) is 0 Å². The first-order valence-electron chi connectivity index (χ1n) is 10.3. The molecule has 4 unspecified atom stereocenters. The number of urea groups is 1. The van der Waals surface area contributed by atoms with Crippen molar-refractivity contribution in [1.29, 1.82) is 0 Å². The summed E-state index contributed by atoms with van der Waals surface area (Å²) < 4.78 is 0. The van der Waals surface area contributed by atoms with Crippen molar-refractivity contribution in [1.82, 2.24) is 36.8 Å². The molecule has 6 N–H and O–H groups in total. The molecule has 4 atom stereocenters. The smallest absolute Gasteiger partial charge is 0.318 e. The van der Waals surface area contributed by atoms with E-state index in [1.54, 1.807) is 0 Å². The first-order chi connectivity index (χ1) is 13.5. The Balaban J connectivity index is 1.42. The Morgan fingerprint density at radius 2 is 1.93 bits per heavy atom. The third-order valence-electron chi connectivity index (χ3n) is 5.24. The molecule has 0 aromatic heterocycles. The SMILES string of the molecule is CC1CC(NCCCN(C)C)NC(NC(=O)NC2Cc3ccccc3CN2)N1. The van der Waals surface area contributed by atoms with E-state index < -0.39 is 0 Å². The van der Waals surface area contributed by atoms with Crippen LogP contribution in [0.1, 0.15) is 30.9 Å². The molecular weight excluding hydrogens is 354 g/mol. The van der Waals surface area contributed by atoms with Crippen LogP contribution in [-0.2, 0) is 13.0 Å². The van der Waals surface area contributed by atoms with E-state index in [4.69, 9.17) is 0 Å². The summed E-state index contributed by atoms with van der Waals surface area (Å²) in [7, 11) is 4.17. The number of amides is 2. The van der Waals surface area contributed by atoms with Crippen molar-refractivity contribution < 1.29 is 4.79 Å². The Morgan fingerprint density at radius 1 is 1.14 bits per heavy atom. The summed E-state index contributed by atoms with van der Waals surface area (Å²) in [5, 5.41) is 19.8. The van der Waals surface area contributed by atoms with E-state index >= 15 is 0 Å². The van der Waals surface area contributed by atoms with Crippen LogP contribution in [0.2, 0.25) is 0 Å². The molecule has 3 rings (SSSR count). The Kier molecular flexibility index (Phi) is 7.64. The topological polar surface area (TPSA) is 92.5 Å². The molecule has 1 aromatic carbocycles. The Bertz CT molecular complexity index is 639. The molecule has 156 valence electrons. The maximum absolute atomic E-state index is 12.5. The normalized spacial score (nSPS) is 27.3. The zero-order valence-corrected chi connectivity index (χ0v) is 17.2. The van der Waals surface area contributed by atoms with Gasteiger partial charge in [-0.05, 0) is 58.1 Å². The van der Waals surface area contributed by atoms with E-state index in [1.807, 2.05) is 12.1 Å². The fourth-order valence-corrected chi connectivity index (χ4v) is 3.81. The van der Waals surface area contributed by atoms with Crippen molar-refractivity contribution in [2.45, 2.75) is 57.4 Å². The molecule has 28 heavy (non-hydrogen) atoms. The lowest BCUT2D eigenvalue weighted by Crippen LogP contribution is -2.69. The third kappa shape index (κ3) is 6.42. The van der Waals surface area contributed by atoms with E-state index in [0.717, 1.165) is 38.9 Å². The predicted octanol–water partition coefficient (Wildman–Crippen LogP) is 0.0800. The number of benzene rings is 1. The summed E-state index contributed by atoms with van der Waals surface area (Å²) in [5.41, 5.74) is 2.59. The molecule has 2 heterocycles. The molecular formula is C20H35N7O. The van der Waals surface area contributed by atoms with Crippen molar-refractivity contribution in [3.63, 3.8) is 0 Å². The monoisotopic (exact) mass is 389 g/mol. The van der Waals surface area contributed by atoms with Crippen LogP contribution in [0.25, 0.3) is 0 Å². The molecule has 0 aliphatic carbocycles. The van der Waals surface area contributed by atoms with E-state index in [2.05, 4.69) is 70.0 Å². The van der Waals surface area contributed by atoms with Crippen molar-refractivity contribution in [3.05, 3.63) is 35.4 Å². The summed E-state index contributed by atoms with van der Waals surface area (Å²) >= 11 is 0. The average molecular weight is 390 g/mol. The van der Waals surface area contributed by atoms with Crippen molar-refractivity contribution >= 4 is 6.03 Å². The summed E-state index contributed by atoms with van der Waals surface area (Å²) in [4.78, 5) is 14.7. The van der Waals surface area contributed by atoms with Gasteiger partial charge in [0.25, 0.3) is 0 Å². The molecule has 8 nitrogen and oxygen atoms in total. The average Bonchev–Trinajstić information content (AvgIpc) is 2.64. The number of nitrogens with one attached hydrogen (secondary N) is 6. The van der Waals surface area contributed by atoms with Gasteiger partial charge in [-0.2, -0.15) is 0 Å². The van der Waals surface area contributed by atoms with E-state index in [1.165, 1.54) is 11.1 Å². The molecule has 0 spiro atoms. The van der Waals surface area contributed by atoms with Crippen LogP contribution in [0.4, 0.5) is 4.79 Å². The molecule has 1 saturated heterocycles. The molecule has 2 aliphatic rings. The summed E-state index contributed by atoms with van der Waals surface area (Å²) in [6.45, 7) is 4.93. The maximum atomic E-state index is 12.5. The van der Waals surface area contributed by atoms with Crippen LogP contribution >= 0.6 is 0 Å². The largest absolute Gasteiger partial charge is 0.322 e. The van der Waals surface area contributed by atoms with Gasteiger partial charge in [0.1, 0.15) is 6.29 Å². The Morgan fingerprint density at radius 3 is 2.71 bits per heavy atom. The number of fused-ring (bicyclic) bond motifs is 1. The van der Waals surface area contributed by atoms with E-state index in [0.29, 0.717) is 6.04 Å². The summed E-state index contributed by atoms with van der Waals surface area (Å²) in [5.74, 6) is 0. The van der Waals surface area contributed by atoms with Crippen LogP contribution in [0.5, 0.6) is 0 Å². The molecule has 2 aliphatic heterocycles. The lowest BCUT2D eigenvalue weighted by Gasteiger charge is -2.37. The fourth-order valence-electron chi connectivity index (χ4n) is 3.81. The van der Waals surface area contributed by atoms with Gasteiger partial charge in [-0.15, -0.1) is 0 Å². The lowest BCUT2D eigenvalue weighted by atomic mass is 9.99. The highest BCUT2D eigenvalue weighted by Gasteiger charge is 2.26. The Labute approximate surface area is 168 Å². The molecule has 8 heteroatoms. The molecule has 1 aromatic rings. The van der Waals surface area contributed by atoms with Gasteiger partial charge in [0.2, 0.25) is 0 Å². The maximum Gasteiger partial charge on any atom is 0.318 e. The second-order valence-electron chi connectivity index (χ2n) is 8.09. The van der Waals surface area contributed by atoms with Crippen molar-refractivity contribution in [3.8, 4) is 0 Å². The minimum absolute atomic E-state index is 0.0594. The van der Waals surface area contributed by atoms with Gasteiger partial charge < -0.3 is 20.9 Å². The molecule has 1 fully saturated rings. The van der Waals surface area contributed by atoms with Crippen LogP contribution < -0.4 is 31.9 Å². The van der Waals surface area contributed by atoms with Gasteiger partial charge in [-0.1, -0.05) is 24.3 Å². The molecule has 0 saturated carbocycles. The summed E-state index contributed by atoms with van der Waals surface area (Å²) in [6.07, 6.45) is 2.73. The van der Waals surface area contributed by atoms with Crippen molar-refractivity contribution in [2.24, 2.45) is 0 Å². The van der Waals surface area contributed by atoms with E-state index in [9.17, 15) is 4.79 Å². The number of rotatable bonds is 7. The van der Waals surface area contributed by atoms with Crippen LogP contribution in [0.15, 0.2) is 24.3 Å². The Hall–Kier alpha value is -1.71. The van der Waals surface area contributed by atoms with Crippen molar-refractivity contribution in [2.75, 3.05) is 27.2 Å². The number of nitrogens with zero attached hydrogens (tertiary/aromatic N) is 1. The highest BCUT2D eigenvalue weighted by molar-refractivity contribution is 5.74. The lowest BCUT2D eigenvalue weighted by molar-refractivity contribution is 0.184. The highest BCUT2D eigenvalue weighted by atomic mass is 16.2. The van der Waals surface area contributed by atoms with Gasteiger partial charge >= 0.3 is 6.03 Å². The standard InChI is InChI=1S/C20H35N7O/c1-14-11-17(21-9-6-10-27(2)3)24-19(23-14)26-20(28)25-18-12-15-7-4-5-8-16(15)13-22-18/h4-5,7-8,14,17-19,21-24H,6,9-13H2,1-3H3,(H2,25,26,28). The number of hydrogen-bond donors (Lipinski definition) is 6. The fraction of sp³-hybridized carbons (Fsp3) is 0.650. The zero-order chi connectivity index (χ0) is 19.9.